The van der Waals surface area contributed by atoms with Gasteiger partial charge < -0.3 is 15.0 Å². The zero-order valence-electron chi connectivity index (χ0n) is 14.2. The second-order valence-electron chi connectivity index (χ2n) is 6.06. The highest BCUT2D eigenvalue weighted by Crippen LogP contribution is 2.36. The maximum absolute atomic E-state index is 12.9. The molecule has 0 aliphatic heterocycles. The van der Waals surface area contributed by atoms with Crippen LogP contribution in [-0.4, -0.2) is 35.4 Å². The van der Waals surface area contributed by atoms with E-state index < -0.39 is 17.7 Å². The Balaban J connectivity index is 2.02. The lowest BCUT2D eigenvalue weighted by atomic mass is 10.1. The molecule has 8 heteroatoms. The number of H-pyrrole nitrogens is 1. The van der Waals surface area contributed by atoms with Crippen LogP contribution in [0, 0.1) is 0 Å². The van der Waals surface area contributed by atoms with Crippen molar-refractivity contribution < 1.29 is 27.9 Å². The summed E-state index contributed by atoms with van der Waals surface area (Å²) in [6.07, 6.45) is -4.54. The fraction of sp³-hybridized carbons (Fsp3) is 0.158. The number of aromatic nitrogens is 1. The summed E-state index contributed by atoms with van der Waals surface area (Å²) < 4.78 is 38.7. The lowest BCUT2D eigenvalue weighted by molar-refractivity contribution is -0.137. The predicted molar refractivity (Wildman–Crippen MR) is 94.3 cm³/mol. The van der Waals surface area contributed by atoms with Crippen LogP contribution < -0.4 is 4.90 Å². The predicted octanol–water partition coefficient (Wildman–Crippen LogP) is 4.20. The number of anilines is 1. The number of carboxylic acids is 1. The zero-order valence-corrected chi connectivity index (χ0v) is 14.2. The zero-order chi connectivity index (χ0) is 19.8. The number of carboxylic acid groups (broad SMARTS) is 1. The fourth-order valence-corrected chi connectivity index (χ4v) is 2.92. The summed E-state index contributed by atoms with van der Waals surface area (Å²) in [5.41, 5.74) is -0.498. The van der Waals surface area contributed by atoms with Crippen LogP contribution in [0.15, 0.2) is 48.5 Å². The molecule has 0 fully saturated rings. The minimum absolute atomic E-state index is 0.0382. The molecular formula is C19H15F3N2O3. The minimum atomic E-state index is -4.54. The Morgan fingerprint density at radius 3 is 2.37 bits per heavy atom. The molecule has 0 bridgehead atoms. The summed E-state index contributed by atoms with van der Waals surface area (Å²) in [6, 6.07) is 11.4. The first kappa shape index (κ1) is 18.5. The summed E-state index contributed by atoms with van der Waals surface area (Å²) in [6.45, 7) is -0.127. The van der Waals surface area contributed by atoms with Crippen molar-refractivity contribution in [2.24, 2.45) is 0 Å². The molecule has 0 amide bonds. The number of alkyl halides is 3. The van der Waals surface area contributed by atoms with Crippen molar-refractivity contribution in [2.75, 3.05) is 18.5 Å². The number of Topliss-reactive ketones (excluding diaryl/α,β-unsaturated/α-hetero) is 1. The van der Waals surface area contributed by atoms with Gasteiger partial charge in [0, 0.05) is 23.5 Å². The summed E-state index contributed by atoms with van der Waals surface area (Å²) in [7, 11) is 1.52. The number of carbonyl (C=O) groups is 2. The standard InChI is InChI=1S/C19H15F3N2O3/c1-24(10-15(25)11-5-3-2-4-6-11)17-13-8-7-12(19(20,21)22)9-14(13)23-16(17)18(26)27/h2-9,23H,10H2,1H3,(H,26,27). The van der Waals surface area contributed by atoms with Crippen LogP contribution in [0.4, 0.5) is 18.9 Å². The number of aromatic amines is 1. The Hall–Kier alpha value is -3.29. The molecule has 0 saturated heterocycles. The Bertz CT molecular complexity index is 1010. The van der Waals surface area contributed by atoms with Gasteiger partial charge in [0.15, 0.2) is 5.78 Å². The fourth-order valence-electron chi connectivity index (χ4n) is 2.92. The topological polar surface area (TPSA) is 73.4 Å². The van der Waals surface area contributed by atoms with E-state index in [4.69, 9.17) is 0 Å². The van der Waals surface area contributed by atoms with E-state index in [1.807, 2.05) is 0 Å². The van der Waals surface area contributed by atoms with Crippen LogP contribution in [0.5, 0.6) is 0 Å². The smallest absolute Gasteiger partial charge is 0.416 e. The van der Waals surface area contributed by atoms with Gasteiger partial charge in [0.05, 0.1) is 17.8 Å². The molecule has 0 saturated carbocycles. The highest BCUT2D eigenvalue weighted by Gasteiger charge is 2.31. The van der Waals surface area contributed by atoms with Gasteiger partial charge in [-0.15, -0.1) is 0 Å². The average Bonchev–Trinajstić information content (AvgIpc) is 3.00. The highest BCUT2D eigenvalue weighted by atomic mass is 19.4. The third-order valence-corrected chi connectivity index (χ3v) is 4.17. The lowest BCUT2D eigenvalue weighted by Crippen LogP contribution is -2.26. The van der Waals surface area contributed by atoms with Crippen LogP contribution in [0.25, 0.3) is 10.9 Å². The molecule has 140 valence electrons. The molecule has 1 aromatic heterocycles. The Labute approximate surface area is 152 Å². The number of ketones is 1. The van der Waals surface area contributed by atoms with E-state index in [0.717, 1.165) is 12.1 Å². The van der Waals surface area contributed by atoms with Gasteiger partial charge >= 0.3 is 12.1 Å². The number of rotatable bonds is 5. The SMILES string of the molecule is CN(CC(=O)c1ccccc1)c1c(C(=O)O)[nH]c2cc(C(F)(F)F)ccc12. The summed E-state index contributed by atoms with van der Waals surface area (Å²) >= 11 is 0. The molecule has 0 unspecified atom stereocenters. The van der Waals surface area contributed by atoms with Gasteiger partial charge in [-0.3, -0.25) is 4.79 Å². The lowest BCUT2D eigenvalue weighted by Gasteiger charge is -2.19. The number of nitrogens with zero attached hydrogens (tertiary/aromatic N) is 1. The van der Waals surface area contributed by atoms with Crippen LogP contribution in [0.1, 0.15) is 26.4 Å². The molecule has 0 aliphatic carbocycles. The van der Waals surface area contributed by atoms with Gasteiger partial charge in [0.1, 0.15) is 5.69 Å². The van der Waals surface area contributed by atoms with Crippen molar-refractivity contribution in [3.8, 4) is 0 Å². The van der Waals surface area contributed by atoms with Gasteiger partial charge in [0.2, 0.25) is 0 Å². The molecular weight excluding hydrogens is 361 g/mol. The van der Waals surface area contributed by atoms with E-state index >= 15 is 0 Å². The van der Waals surface area contributed by atoms with Gasteiger partial charge in [-0.1, -0.05) is 36.4 Å². The second-order valence-corrected chi connectivity index (χ2v) is 6.06. The molecule has 0 aliphatic rings. The average molecular weight is 376 g/mol. The van der Waals surface area contributed by atoms with E-state index in [1.54, 1.807) is 30.3 Å². The third kappa shape index (κ3) is 3.64. The Morgan fingerprint density at radius 2 is 1.78 bits per heavy atom. The Kier molecular flexibility index (Phi) is 4.65. The maximum Gasteiger partial charge on any atom is 0.416 e. The number of likely N-dealkylation sites (N-methyl/N-ethyl adjacent to an activating group) is 1. The number of hydrogen-bond donors (Lipinski definition) is 2. The molecule has 0 radical (unpaired) electrons. The van der Waals surface area contributed by atoms with Crippen LogP contribution in [0.3, 0.4) is 0 Å². The number of hydrogen-bond acceptors (Lipinski definition) is 3. The van der Waals surface area contributed by atoms with E-state index in [2.05, 4.69) is 4.98 Å². The largest absolute Gasteiger partial charge is 0.477 e. The molecule has 0 spiro atoms. The van der Waals surface area contributed by atoms with Crippen LogP contribution in [-0.2, 0) is 6.18 Å². The molecule has 3 rings (SSSR count). The van der Waals surface area contributed by atoms with Gasteiger partial charge in [-0.25, -0.2) is 4.79 Å². The van der Waals surface area contributed by atoms with Crippen LogP contribution >= 0.6 is 0 Å². The number of nitrogens with one attached hydrogen (secondary N) is 1. The monoisotopic (exact) mass is 376 g/mol. The second kappa shape index (κ2) is 6.79. The van der Waals surface area contributed by atoms with Gasteiger partial charge in [-0.2, -0.15) is 13.2 Å². The first-order valence-corrected chi connectivity index (χ1v) is 7.94. The number of halogens is 3. The molecule has 3 aromatic rings. The van der Waals surface area contributed by atoms with E-state index in [9.17, 15) is 27.9 Å². The molecule has 1 heterocycles. The molecule has 2 N–H and O–H groups in total. The maximum atomic E-state index is 12.9. The van der Waals surface area contributed by atoms with Crippen molar-refractivity contribution in [1.82, 2.24) is 4.98 Å². The first-order chi connectivity index (χ1) is 12.7. The molecule has 2 aromatic carbocycles. The first-order valence-electron chi connectivity index (χ1n) is 7.94. The molecule has 5 nitrogen and oxygen atoms in total. The van der Waals surface area contributed by atoms with Gasteiger partial charge in [-0.05, 0) is 12.1 Å². The summed E-state index contributed by atoms with van der Waals surface area (Å²) in [4.78, 5) is 27.9. The quantitative estimate of drug-likeness (QED) is 0.655. The van der Waals surface area contributed by atoms with E-state index in [0.29, 0.717) is 10.9 Å². The minimum Gasteiger partial charge on any atom is -0.477 e. The Morgan fingerprint density at radius 1 is 1.11 bits per heavy atom. The molecule has 0 atom stereocenters. The number of benzene rings is 2. The van der Waals surface area contributed by atoms with Crippen molar-refractivity contribution in [2.45, 2.75) is 6.18 Å². The van der Waals surface area contributed by atoms with E-state index in [-0.39, 0.29) is 29.2 Å². The van der Waals surface area contributed by atoms with Crippen molar-refractivity contribution >= 4 is 28.3 Å². The molecule has 27 heavy (non-hydrogen) atoms. The number of fused-ring (bicyclic) bond motifs is 1. The highest BCUT2D eigenvalue weighted by molar-refractivity contribution is 6.08. The van der Waals surface area contributed by atoms with Gasteiger partial charge in [0.25, 0.3) is 0 Å². The van der Waals surface area contributed by atoms with E-state index in [1.165, 1.54) is 18.0 Å². The third-order valence-electron chi connectivity index (χ3n) is 4.17. The number of carbonyl (C=O) groups excluding carboxylic acids is 1. The summed E-state index contributed by atoms with van der Waals surface area (Å²) in [5, 5.41) is 9.73. The normalized spacial score (nSPS) is 11.6. The van der Waals surface area contributed by atoms with Crippen molar-refractivity contribution in [3.63, 3.8) is 0 Å². The summed E-state index contributed by atoms with van der Waals surface area (Å²) in [5.74, 6) is -1.57. The van der Waals surface area contributed by atoms with Crippen LogP contribution in [0.2, 0.25) is 0 Å². The number of aromatic carboxylic acids is 1. The van der Waals surface area contributed by atoms with Crippen molar-refractivity contribution in [1.29, 1.82) is 0 Å². The van der Waals surface area contributed by atoms with Crippen molar-refractivity contribution in [3.05, 3.63) is 65.4 Å².